The monoisotopic (exact) mass is 245 g/mol. The molecule has 1 rings (SSSR count). The maximum Gasteiger partial charge on any atom is 0.416 e. The first-order valence-corrected chi connectivity index (χ1v) is 5.68. The average molecular weight is 245 g/mol. The van der Waals surface area contributed by atoms with E-state index in [1.807, 2.05) is 7.05 Å². The van der Waals surface area contributed by atoms with E-state index in [-0.39, 0.29) is 5.92 Å². The number of hydrogen-bond acceptors (Lipinski definition) is 1. The first-order chi connectivity index (χ1) is 7.86. The minimum absolute atomic E-state index is 0.238. The van der Waals surface area contributed by atoms with E-state index < -0.39 is 11.7 Å². The number of nitrogens with one attached hydrogen (secondary N) is 1. The molecule has 0 saturated heterocycles. The molecule has 0 heterocycles. The molecular weight excluding hydrogens is 227 g/mol. The number of likely N-dealkylation sites (N-methyl/N-ethyl adjacent to an activating group) is 1. The summed E-state index contributed by atoms with van der Waals surface area (Å²) < 4.78 is 37.2. The standard InChI is InChI=1S/C13H18F3N/c1-9(2)12(8-17-3)10-4-6-11(7-5-10)13(14,15)16/h4-7,9,12,17H,8H2,1-3H3. The molecule has 17 heavy (non-hydrogen) atoms. The molecule has 0 aliphatic rings. The van der Waals surface area contributed by atoms with Gasteiger partial charge in [-0.25, -0.2) is 0 Å². The van der Waals surface area contributed by atoms with Gasteiger partial charge in [0.05, 0.1) is 5.56 Å². The zero-order valence-electron chi connectivity index (χ0n) is 10.3. The fourth-order valence-corrected chi connectivity index (χ4v) is 1.88. The summed E-state index contributed by atoms with van der Waals surface area (Å²) in [4.78, 5) is 0. The van der Waals surface area contributed by atoms with Gasteiger partial charge in [-0.3, -0.25) is 0 Å². The first-order valence-electron chi connectivity index (χ1n) is 5.68. The van der Waals surface area contributed by atoms with Gasteiger partial charge in [0.1, 0.15) is 0 Å². The zero-order valence-corrected chi connectivity index (χ0v) is 10.3. The molecule has 1 aromatic rings. The quantitative estimate of drug-likeness (QED) is 0.853. The molecule has 0 aliphatic carbocycles. The van der Waals surface area contributed by atoms with E-state index in [2.05, 4.69) is 19.2 Å². The zero-order chi connectivity index (χ0) is 13.1. The number of hydrogen-bond donors (Lipinski definition) is 1. The lowest BCUT2D eigenvalue weighted by Gasteiger charge is -2.21. The van der Waals surface area contributed by atoms with Crippen LogP contribution < -0.4 is 5.32 Å². The smallest absolute Gasteiger partial charge is 0.319 e. The summed E-state index contributed by atoms with van der Waals surface area (Å²) in [6.45, 7) is 4.91. The van der Waals surface area contributed by atoms with Gasteiger partial charge in [0.25, 0.3) is 0 Å². The van der Waals surface area contributed by atoms with E-state index in [1.165, 1.54) is 0 Å². The topological polar surface area (TPSA) is 12.0 Å². The summed E-state index contributed by atoms with van der Waals surface area (Å²) in [7, 11) is 1.85. The molecule has 0 amide bonds. The van der Waals surface area contributed by atoms with Crippen LogP contribution >= 0.6 is 0 Å². The van der Waals surface area contributed by atoms with Crippen LogP contribution in [-0.2, 0) is 6.18 Å². The van der Waals surface area contributed by atoms with Crippen LogP contribution in [0.3, 0.4) is 0 Å². The van der Waals surface area contributed by atoms with Crippen LogP contribution in [0.4, 0.5) is 13.2 Å². The number of halogens is 3. The highest BCUT2D eigenvalue weighted by molar-refractivity contribution is 5.27. The lowest BCUT2D eigenvalue weighted by atomic mass is 9.88. The highest BCUT2D eigenvalue weighted by atomic mass is 19.4. The van der Waals surface area contributed by atoms with Crippen LogP contribution in [0.5, 0.6) is 0 Å². The normalized spacial score (nSPS) is 14.1. The minimum Gasteiger partial charge on any atom is -0.319 e. The Balaban J connectivity index is 2.92. The van der Waals surface area contributed by atoms with Gasteiger partial charge in [-0.2, -0.15) is 13.2 Å². The first kappa shape index (κ1) is 14.0. The molecule has 0 aromatic heterocycles. The van der Waals surface area contributed by atoms with Crippen molar-refractivity contribution in [3.63, 3.8) is 0 Å². The van der Waals surface area contributed by atoms with Crippen LogP contribution in [0.25, 0.3) is 0 Å². The van der Waals surface area contributed by atoms with Gasteiger partial charge in [-0.1, -0.05) is 26.0 Å². The Bertz CT molecular complexity index is 341. The largest absolute Gasteiger partial charge is 0.416 e. The molecule has 96 valence electrons. The molecule has 1 N–H and O–H groups in total. The Morgan fingerprint density at radius 3 is 2.00 bits per heavy atom. The molecular formula is C13H18F3N. The van der Waals surface area contributed by atoms with Crippen molar-refractivity contribution in [1.29, 1.82) is 0 Å². The second-order valence-electron chi connectivity index (χ2n) is 4.53. The number of rotatable bonds is 4. The van der Waals surface area contributed by atoms with E-state index in [4.69, 9.17) is 0 Å². The van der Waals surface area contributed by atoms with E-state index >= 15 is 0 Å². The van der Waals surface area contributed by atoms with Crippen molar-refractivity contribution in [2.45, 2.75) is 25.9 Å². The molecule has 0 saturated carbocycles. The van der Waals surface area contributed by atoms with Gasteiger partial charge < -0.3 is 5.32 Å². The van der Waals surface area contributed by atoms with Crippen molar-refractivity contribution in [2.75, 3.05) is 13.6 Å². The second kappa shape index (κ2) is 5.54. The highest BCUT2D eigenvalue weighted by Gasteiger charge is 2.30. The lowest BCUT2D eigenvalue weighted by Crippen LogP contribution is -2.21. The Kier molecular flexibility index (Phi) is 4.57. The molecule has 0 radical (unpaired) electrons. The van der Waals surface area contributed by atoms with Crippen LogP contribution in [0.1, 0.15) is 30.9 Å². The van der Waals surface area contributed by atoms with E-state index in [0.29, 0.717) is 5.92 Å². The Hall–Kier alpha value is -1.03. The van der Waals surface area contributed by atoms with Gasteiger partial charge in [-0.05, 0) is 36.6 Å². The van der Waals surface area contributed by atoms with E-state index in [0.717, 1.165) is 24.2 Å². The molecule has 0 spiro atoms. The molecule has 0 aliphatic heterocycles. The van der Waals surface area contributed by atoms with Gasteiger partial charge in [-0.15, -0.1) is 0 Å². The molecule has 0 bridgehead atoms. The summed E-state index contributed by atoms with van der Waals surface area (Å²) in [5.41, 5.74) is 0.357. The molecule has 4 heteroatoms. The van der Waals surface area contributed by atoms with Crippen LogP contribution in [0.2, 0.25) is 0 Å². The molecule has 0 fully saturated rings. The summed E-state index contributed by atoms with van der Waals surface area (Å²) in [5, 5.41) is 3.07. The van der Waals surface area contributed by atoms with Crippen molar-refractivity contribution in [2.24, 2.45) is 5.92 Å². The third-order valence-electron chi connectivity index (χ3n) is 2.89. The van der Waals surface area contributed by atoms with Crippen molar-refractivity contribution in [3.8, 4) is 0 Å². The minimum atomic E-state index is -4.26. The molecule has 1 aromatic carbocycles. The number of alkyl halides is 3. The van der Waals surface area contributed by atoms with Crippen molar-refractivity contribution < 1.29 is 13.2 Å². The fourth-order valence-electron chi connectivity index (χ4n) is 1.88. The average Bonchev–Trinajstić information content (AvgIpc) is 2.24. The predicted octanol–water partition coefficient (Wildman–Crippen LogP) is 3.66. The Morgan fingerprint density at radius 2 is 1.65 bits per heavy atom. The van der Waals surface area contributed by atoms with Gasteiger partial charge in [0, 0.05) is 6.54 Å². The van der Waals surface area contributed by atoms with Crippen molar-refractivity contribution >= 4 is 0 Å². The van der Waals surface area contributed by atoms with E-state index in [9.17, 15) is 13.2 Å². The molecule has 1 unspecified atom stereocenters. The molecule has 1 atom stereocenters. The summed E-state index contributed by atoms with van der Waals surface area (Å²) in [6.07, 6.45) is -4.26. The van der Waals surface area contributed by atoms with Gasteiger partial charge >= 0.3 is 6.18 Å². The lowest BCUT2D eigenvalue weighted by molar-refractivity contribution is -0.137. The number of benzene rings is 1. The van der Waals surface area contributed by atoms with E-state index in [1.54, 1.807) is 12.1 Å². The van der Waals surface area contributed by atoms with Crippen molar-refractivity contribution in [1.82, 2.24) is 5.32 Å². The van der Waals surface area contributed by atoms with Gasteiger partial charge in [0.15, 0.2) is 0 Å². The third kappa shape index (κ3) is 3.73. The van der Waals surface area contributed by atoms with Crippen LogP contribution in [0, 0.1) is 5.92 Å². The summed E-state index contributed by atoms with van der Waals surface area (Å²) >= 11 is 0. The maximum atomic E-state index is 12.4. The summed E-state index contributed by atoms with van der Waals surface area (Å²) in [5.74, 6) is 0.626. The maximum absolute atomic E-state index is 12.4. The fraction of sp³-hybridized carbons (Fsp3) is 0.538. The highest BCUT2D eigenvalue weighted by Crippen LogP contribution is 2.31. The third-order valence-corrected chi connectivity index (χ3v) is 2.89. The van der Waals surface area contributed by atoms with Crippen LogP contribution in [0.15, 0.2) is 24.3 Å². The summed E-state index contributed by atoms with van der Waals surface area (Å²) in [6, 6.07) is 5.45. The Labute approximate surface area is 100 Å². The molecule has 1 nitrogen and oxygen atoms in total. The van der Waals surface area contributed by atoms with Crippen molar-refractivity contribution in [3.05, 3.63) is 35.4 Å². The Morgan fingerprint density at radius 1 is 1.12 bits per heavy atom. The SMILES string of the molecule is CNCC(c1ccc(C(F)(F)F)cc1)C(C)C. The second-order valence-corrected chi connectivity index (χ2v) is 4.53. The van der Waals surface area contributed by atoms with Crippen LogP contribution in [-0.4, -0.2) is 13.6 Å². The predicted molar refractivity (Wildman–Crippen MR) is 62.9 cm³/mol. The van der Waals surface area contributed by atoms with Gasteiger partial charge in [0.2, 0.25) is 0 Å².